The minimum absolute atomic E-state index is 1.72. The normalized spacial score (nSPS) is 16.7. The van der Waals surface area contributed by atoms with E-state index in [-0.39, 0.29) is 0 Å². The zero-order valence-electron chi connectivity index (χ0n) is 13.1. The molecule has 0 amide bonds. The molecule has 3 atom stereocenters. The molecule has 28 heavy (non-hydrogen) atoms. The first-order valence-corrected chi connectivity index (χ1v) is 6.60. The zero-order valence-corrected chi connectivity index (χ0v) is 13.1. The van der Waals surface area contributed by atoms with Crippen molar-refractivity contribution in [2.45, 2.75) is 38.0 Å². The second kappa shape index (κ2) is 11.3. The zero-order chi connectivity index (χ0) is 22.2. The summed E-state index contributed by atoms with van der Waals surface area (Å²) in [6, 6.07) is 0. The first kappa shape index (κ1) is 27.1. The van der Waals surface area contributed by atoms with E-state index < -0.39 is 65.1 Å². The minimum Gasteiger partial charge on any atom is -0.391 e. The van der Waals surface area contributed by atoms with Crippen LogP contribution in [0.1, 0.15) is 0 Å². The third-order valence-electron chi connectivity index (χ3n) is 1.93. The molecule has 3 unspecified atom stereocenters. The Morgan fingerprint density at radius 2 is 0.786 bits per heavy atom. The number of alkyl halides is 9. The highest BCUT2D eigenvalue weighted by Crippen LogP contribution is 2.30. The molecule has 19 heteroatoms. The summed E-state index contributed by atoms with van der Waals surface area (Å²) < 4.78 is 135. The van der Waals surface area contributed by atoms with E-state index in [9.17, 15) is 39.5 Å². The van der Waals surface area contributed by atoms with Gasteiger partial charge >= 0.3 is 26.2 Å². The minimum atomic E-state index is -5.39. The second-order valence-corrected chi connectivity index (χ2v) is 4.16. The van der Waals surface area contributed by atoms with Crippen molar-refractivity contribution >= 4 is 7.32 Å². The molecule has 0 heterocycles. The smallest absolute Gasteiger partial charge is 0.391 e. The van der Waals surface area contributed by atoms with Gasteiger partial charge in [0.25, 0.3) is 0 Å². The fourth-order valence-electron chi connectivity index (χ4n) is 1.05. The van der Waals surface area contributed by atoms with E-state index in [0.717, 1.165) is 0 Å². The molecule has 0 bridgehead atoms. The van der Waals surface area contributed by atoms with Gasteiger partial charge in [-0.1, -0.05) is 0 Å². The average Bonchev–Trinajstić information content (AvgIpc) is 2.51. The van der Waals surface area contributed by atoms with Crippen LogP contribution in [0.5, 0.6) is 0 Å². The molecule has 9 nitrogen and oxygen atoms in total. The van der Waals surface area contributed by atoms with Gasteiger partial charge in [0.2, 0.25) is 19.1 Å². The molecule has 0 aliphatic rings. The van der Waals surface area contributed by atoms with Gasteiger partial charge in [-0.25, -0.2) is 13.2 Å². The van der Waals surface area contributed by atoms with Crippen molar-refractivity contribution in [1.29, 1.82) is 0 Å². The summed E-state index contributed by atoms with van der Waals surface area (Å²) in [5, 5.41) is 24.6. The number of halogens is 9. The largest absolute Gasteiger partial charge is 0.658 e. The van der Waals surface area contributed by atoms with E-state index in [4.69, 9.17) is 15.3 Å². The molecule has 0 spiro atoms. The van der Waals surface area contributed by atoms with E-state index in [0.29, 0.717) is 0 Å². The fraction of sp³-hybridized carbons (Fsp3) is 1.00. The summed E-state index contributed by atoms with van der Waals surface area (Å²) in [4.78, 5) is 0. The maximum Gasteiger partial charge on any atom is 0.658 e. The van der Waals surface area contributed by atoms with Gasteiger partial charge in [0, 0.05) is 0 Å². The molecule has 0 radical (unpaired) electrons. The van der Waals surface area contributed by atoms with E-state index in [1.54, 1.807) is 0 Å². The Hall–Kier alpha value is -0.925. The summed E-state index contributed by atoms with van der Waals surface area (Å²) in [5.74, 6) is 0. The Bertz CT molecular complexity index is 387. The first-order chi connectivity index (χ1) is 12.6. The van der Waals surface area contributed by atoms with Gasteiger partial charge in [-0.05, 0) is 0 Å². The van der Waals surface area contributed by atoms with Crippen molar-refractivity contribution in [2.24, 2.45) is 0 Å². The number of hydrogen-bond donors (Lipinski definition) is 3. The SMILES string of the molecule is OCC(F)OC(F)(F)OB(OC(F)(F)OC(F)CO)OC(F)(F)OC(F)CO. The van der Waals surface area contributed by atoms with E-state index in [1.807, 2.05) is 0 Å². The van der Waals surface area contributed by atoms with Crippen molar-refractivity contribution in [1.82, 2.24) is 0 Å². The van der Waals surface area contributed by atoms with Crippen LogP contribution in [-0.2, 0) is 28.2 Å². The summed E-state index contributed by atoms with van der Waals surface area (Å²) in [6.07, 6.45) is -25.8. The molecular formula is C9H12BF9O9. The third-order valence-corrected chi connectivity index (χ3v) is 1.93. The molecular weight excluding hydrogens is 434 g/mol. The second-order valence-electron chi connectivity index (χ2n) is 4.16. The van der Waals surface area contributed by atoms with Crippen LogP contribution in [0.25, 0.3) is 0 Å². The molecule has 0 fully saturated rings. The average molecular weight is 446 g/mol. The Labute approximate surface area is 149 Å². The molecule has 168 valence electrons. The lowest BCUT2D eigenvalue weighted by molar-refractivity contribution is -0.444. The van der Waals surface area contributed by atoms with Crippen LogP contribution in [0, 0.1) is 0 Å². The lowest BCUT2D eigenvalue weighted by Crippen LogP contribution is -2.49. The van der Waals surface area contributed by atoms with Gasteiger partial charge in [0.1, 0.15) is 0 Å². The van der Waals surface area contributed by atoms with Crippen LogP contribution in [0.2, 0.25) is 0 Å². The lowest BCUT2D eigenvalue weighted by atomic mass is 10.2. The maximum atomic E-state index is 13.2. The molecule has 0 aromatic carbocycles. The highest BCUT2D eigenvalue weighted by Gasteiger charge is 2.54. The first-order valence-electron chi connectivity index (χ1n) is 6.60. The van der Waals surface area contributed by atoms with Gasteiger partial charge in [0.05, 0.1) is 19.8 Å². The molecule has 0 rings (SSSR count). The van der Waals surface area contributed by atoms with E-state index in [2.05, 4.69) is 28.2 Å². The summed E-state index contributed by atoms with van der Waals surface area (Å²) in [5.41, 5.74) is 0. The number of aliphatic hydroxyl groups excluding tert-OH is 3. The van der Waals surface area contributed by atoms with Crippen molar-refractivity contribution in [2.75, 3.05) is 19.8 Å². The highest BCUT2D eigenvalue weighted by molar-refractivity contribution is 6.36. The Balaban J connectivity index is 5.35. The monoisotopic (exact) mass is 446 g/mol. The highest BCUT2D eigenvalue weighted by atomic mass is 19.3. The summed E-state index contributed by atoms with van der Waals surface area (Å²) in [7, 11) is -4.03. The number of aliphatic hydroxyl groups is 3. The molecule has 0 aliphatic heterocycles. The predicted molar refractivity (Wildman–Crippen MR) is 63.1 cm³/mol. The number of hydrogen-bond acceptors (Lipinski definition) is 9. The Morgan fingerprint density at radius 3 is 0.964 bits per heavy atom. The Morgan fingerprint density at radius 1 is 0.571 bits per heavy atom. The van der Waals surface area contributed by atoms with Crippen LogP contribution in [0.15, 0.2) is 0 Å². The Kier molecular flexibility index (Phi) is 10.9. The summed E-state index contributed by atoms with van der Waals surface area (Å²) >= 11 is 0. The van der Waals surface area contributed by atoms with Crippen LogP contribution < -0.4 is 0 Å². The van der Waals surface area contributed by atoms with E-state index in [1.165, 1.54) is 0 Å². The molecule has 0 aromatic rings. The van der Waals surface area contributed by atoms with Crippen molar-refractivity contribution in [3.63, 3.8) is 0 Å². The third kappa shape index (κ3) is 11.8. The summed E-state index contributed by atoms with van der Waals surface area (Å²) in [6.45, 7) is -5.15. The predicted octanol–water partition coefficient (Wildman–Crippen LogP) is 0.586. The van der Waals surface area contributed by atoms with E-state index >= 15 is 0 Å². The van der Waals surface area contributed by atoms with Crippen molar-refractivity contribution in [3.8, 4) is 0 Å². The molecule has 0 saturated carbocycles. The van der Waals surface area contributed by atoms with Crippen molar-refractivity contribution in [3.05, 3.63) is 0 Å². The van der Waals surface area contributed by atoms with Gasteiger partial charge in [0.15, 0.2) is 0 Å². The fourth-order valence-corrected chi connectivity index (χ4v) is 1.05. The quantitative estimate of drug-likeness (QED) is 0.189. The van der Waals surface area contributed by atoms with Crippen LogP contribution in [0.3, 0.4) is 0 Å². The van der Waals surface area contributed by atoms with Gasteiger partial charge in [-0.15, -0.1) is 26.3 Å². The lowest BCUT2D eigenvalue weighted by Gasteiger charge is -2.27. The van der Waals surface area contributed by atoms with Crippen molar-refractivity contribution < 1.29 is 83.0 Å². The molecule has 0 saturated heterocycles. The van der Waals surface area contributed by atoms with Gasteiger partial charge in [-0.2, -0.15) is 0 Å². The molecule has 0 aliphatic carbocycles. The molecule has 3 N–H and O–H groups in total. The topological polar surface area (TPSA) is 116 Å². The van der Waals surface area contributed by atoms with Gasteiger partial charge in [-0.3, -0.25) is 14.2 Å². The van der Waals surface area contributed by atoms with Crippen LogP contribution >= 0.6 is 0 Å². The number of rotatable bonds is 15. The standard InChI is InChI=1S/C9H12BF9O9/c11-4(1-20)23-7(14,15)26-10(27-8(16,17)24-5(12)2-21)28-9(18,19)25-6(13)3-22/h4-6,20-22H,1-3H2. The number of ether oxygens (including phenoxy) is 3. The van der Waals surface area contributed by atoms with Gasteiger partial charge < -0.3 is 29.3 Å². The molecule has 0 aromatic heterocycles. The van der Waals surface area contributed by atoms with Crippen LogP contribution in [-0.4, -0.2) is 80.4 Å². The van der Waals surface area contributed by atoms with Crippen LogP contribution in [0.4, 0.5) is 39.5 Å². The maximum absolute atomic E-state index is 13.2.